The minimum Gasteiger partial charge on any atom is -0.497 e. The van der Waals surface area contributed by atoms with Crippen molar-refractivity contribution in [3.05, 3.63) is 30.0 Å². The number of rotatable bonds is 5. The van der Waals surface area contributed by atoms with Gasteiger partial charge in [0, 0.05) is 30.2 Å². The van der Waals surface area contributed by atoms with Crippen molar-refractivity contribution >= 4 is 22.8 Å². The number of hydrogen-bond acceptors (Lipinski definition) is 3. The Morgan fingerprint density at radius 3 is 2.80 bits per heavy atom. The summed E-state index contributed by atoms with van der Waals surface area (Å²) in [6.07, 6.45) is 4.32. The van der Waals surface area contributed by atoms with Gasteiger partial charge in [0.1, 0.15) is 5.75 Å². The highest BCUT2D eigenvalue weighted by molar-refractivity contribution is 5.90. The molecule has 25 heavy (non-hydrogen) atoms. The first-order valence-electron chi connectivity index (χ1n) is 8.71. The number of likely N-dealkylation sites (tertiary alicyclic amines) is 1. The van der Waals surface area contributed by atoms with Gasteiger partial charge in [-0.1, -0.05) is 0 Å². The molecule has 1 saturated heterocycles. The minimum atomic E-state index is -0.774. The first kappa shape index (κ1) is 16.0. The van der Waals surface area contributed by atoms with E-state index in [1.165, 1.54) is 0 Å². The second-order valence-electron chi connectivity index (χ2n) is 7.15. The van der Waals surface area contributed by atoms with Gasteiger partial charge in [0.05, 0.1) is 19.4 Å². The molecule has 0 bridgehead atoms. The summed E-state index contributed by atoms with van der Waals surface area (Å²) in [6.45, 7) is 0.910. The summed E-state index contributed by atoms with van der Waals surface area (Å²) in [7, 11) is 1.62. The van der Waals surface area contributed by atoms with E-state index < -0.39 is 11.9 Å². The molecular weight excluding hydrogens is 320 g/mol. The quantitative estimate of drug-likeness (QED) is 0.873. The Bertz CT molecular complexity index is 824. The number of carbonyl (C=O) groups excluding carboxylic acids is 1. The number of fused-ring (bicyclic) bond motifs is 1. The smallest absolute Gasteiger partial charge is 0.308 e. The molecule has 1 amide bonds. The third kappa shape index (κ3) is 2.97. The number of methoxy groups -OCH3 is 1. The van der Waals surface area contributed by atoms with E-state index in [9.17, 15) is 14.7 Å². The van der Waals surface area contributed by atoms with Crippen molar-refractivity contribution < 1.29 is 19.4 Å². The highest BCUT2D eigenvalue weighted by Crippen LogP contribution is 2.44. The molecule has 1 saturated carbocycles. The zero-order chi connectivity index (χ0) is 17.6. The minimum absolute atomic E-state index is 0.00174. The van der Waals surface area contributed by atoms with Gasteiger partial charge in [0.25, 0.3) is 0 Å². The molecule has 1 aromatic heterocycles. The average molecular weight is 342 g/mol. The van der Waals surface area contributed by atoms with Crippen LogP contribution in [0.25, 0.3) is 10.9 Å². The van der Waals surface area contributed by atoms with Gasteiger partial charge in [-0.15, -0.1) is 0 Å². The van der Waals surface area contributed by atoms with E-state index in [1.807, 2.05) is 24.4 Å². The Hall–Kier alpha value is -2.50. The van der Waals surface area contributed by atoms with Crippen molar-refractivity contribution in [2.24, 2.45) is 17.8 Å². The summed E-state index contributed by atoms with van der Waals surface area (Å²) in [6, 6.07) is 5.73. The zero-order valence-corrected chi connectivity index (χ0v) is 14.2. The Labute approximate surface area is 145 Å². The van der Waals surface area contributed by atoms with Crippen LogP contribution in [0.15, 0.2) is 24.4 Å². The first-order valence-corrected chi connectivity index (χ1v) is 8.71. The van der Waals surface area contributed by atoms with Gasteiger partial charge in [-0.05, 0) is 48.4 Å². The van der Waals surface area contributed by atoms with Crippen LogP contribution in [-0.4, -0.2) is 47.1 Å². The van der Waals surface area contributed by atoms with E-state index in [0.29, 0.717) is 19.0 Å². The van der Waals surface area contributed by atoms with E-state index in [4.69, 9.17) is 4.74 Å². The van der Waals surface area contributed by atoms with E-state index in [0.717, 1.165) is 35.1 Å². The zero-order valence-electron chi connectivity index (χ0n) is 14.2. The summed E-state index contributed by atoms with van der Waals surface area (Å²) >= 11 is 0. The van der Waals surface area contributed by atoms with Crippen LogP contribution in [0, 0.1) is 17.8 Å². The summed E-state index contributed by atoms with van der Waals surface area (Å²) in [5.74, 6) is 0.157. The second kappa shape index (κ2) is 6.10. The fraction of sp³-hybridized carbons (Fsp3) is 0.474. The summed E-state index contributed by atoms with van der Waals surface area (Å²) in [4.78, 5) is 29.2. The maximum absolute atomic E-state index is 12.8. The molecule has 2 atom stereocenters. The summed E-state index contributed by atoms with van der Waals surface area (Å²) in [5, 5.41) is 10.4. The van der Waals surface area contributed by atoms with Crippen LogP contribution < -0.4 is 4.74 Å². The van der Waals surface area contributed by atoms with Crippen LogP contribution in [0.3, 0.4) is 0 Å². The molecule has 2 aliphatic rings. The predicted molar refractivity (Wildman–Crippen MR) is 92.5 cm³/mol. The van der Waals surface area contributed by atoms with Crippen LogP contribution in [-0.2, 0) is 16.0 Å². The number of nitrogens with one attached hydrogen (secondary N) is 1. The maximum atomic E-state index is 12.8. The van der Waals surface area contributed by atoms with E-state index in [2.05, 4.69) is 4.98 Å². The fourth-order valence-corrected chi connectivity index (χ4v) is 4.00. The Morgan fingerprint density at radius 1 is 1.32 bits per heavy atom. The topological polar surface area (TPSA) is 82.6 Å². The predicted octanol–water partition coefficient (Wildman–Crippen LogP) is 2.29. The fourth-order valence-electron chi connectivity index (χ4n) is 4.00. The number of ether oxygens (including phenoxy) is 1. The van der Waals surface area contributed by atoms with E-state index in [1.54, 1.807) is 12.0 Å². The lowest BCUT2D eigenvalue weighted by Crippen LogP contribution is -2.31. The van der Waals surface area contributed by atoms with Crippen molar-refractivity contribution in [1.29, 1.82) is 0 Å². The summed E-state index contributed by atoms with van der Waals surface area (Å²) < 4.78 is 5.26. The number of aromatic nitrogens is 1. The summed E-state index contributed by atoms with van der Waals surface area (Å²) in [5.41, 5.74) is 1.88. The van der Waals surface area contributed by atoms with Crippen LogP contribution in [0.2, 0.25) is 0 Å². The highest BCUT2D eigenvalue weighted by atomic mass is 16.5. The first-order chi connectivity index (χ1) is 12.1. The number of carboxylic acid groups (broad SMARTS) is 1. The standard InChI is InChI=1S/C19H22N2O4/c1-25-13-4-5-17-14(7-13)12(8-20-17)6-18(22)21-9-15(11-2-3-11)16(10-21)19(23)24/h4-5,7-8,11,15-16,20H,2-3,6,9-10H2,1H3,(H,23,24)/t15-,16+/m1/s1. The number of H-pyrrole nitrogens is 1. The Kier molecular flexibility index (Phi) is 3.90. The molecule has 0 unspecified atom stereocenters. The maximum Gasteiger partial charge on any atom is 0.308 e. The van der Waals surface area contributed by atoms with Gasteiger partial charge < -0.3 is 19.7 Å². The van der Waals surface area contributed by atoms with Crippen molar-refractivity contribution in [2.75, 3.05) is 20.2 Å². The Morgan fingerprint density at radius 2 is 2.12 bits per heavy atom. The van der Waals surface area contributed by atoms with E-state index in [-0.39, 0.29) is 18.2 Å². The molecule has 2 heterocycles. The number of aromatic amines is 1. The third-order valence-electron chi connectivity index (χ3n) is 5.58. The van der Waals surface area contributed by atoms with Gasteiger partial charge in [0.2, 0.25) is 5.91 Å². The average Bonchev–Trinajstić information content (AvgIpc) is 3.23. The van der Waals surface area contributed by atoms with E-state index >= 15 is 0 Å². The number of benzene rings is 1. The lowest BCUT2D eigenvalue weighted by molar-refractivity contribution is -0.142. The molecule has 6 heteroatoms. The van der Waals surface area contributed by atoms with Crippen LogP contribution >= 0.6 is 0 Å². The number of carboxylic acids is 1. The lowest BCUT2D eigenvalue weighted by Gasteiger charge is -2.16. The van der Waals surface area contributed by atoms with Crippen LogP contribution in [0.4, 0.5) is 0 Å². The van der Waals surface area contributed by atoms with Gasteiger partial charge in [-0.25, -0.2) is 0 Å². The molecule has 2 N–H and O–H groups in total. The third-order valence-corrected chi connectivity index (χ3v) is 5.58. The van der Waals surface area contributed by atoms with Crippen molar-refractivity contribution in [3.63, 3.8) is 0 Å². The van der Waals surface area contributed by atoms with Crippen LogP contribution in [0.5, 0.6) is 5.75 Å². The molecular formula is C19H22N2O4. The van der Waals surface area contributed by atoms with Gasteiger partial charge in [0.15, 0.2) is 0 Å². The van der Waals surface area contributed by atoms with Gasteiger partial charge >= 0.3 is 5.97 Å². The molecule has 0 spiro atoms. The largest absolute Gasteiger partial charge is 0.497 e. The SMILES string of the molecule is COc1ccc2[nH]cc(CC(=O)N3C[C@H](C(=O)O)[C@@H](C4CC4)C3)c2c1. The van der Waals surface area contributed by atoms with Gasteiger partial charge in [-0.3, -0.25) is 9.59 Å². The van der Waals surface area contributed by atoms with Crippen molar-refractivity contribution in [3.8, 4) is 5.75 Å². The number of amides is 1. The highest BCUT2D eigenvalue weighted by Gasteiger charge is 2.46. The molecule has 1 aromatic carbocycles. The van der Waals surface area contributed by atoms with Crippen molar-refractivity contribution in [1.82, 2.24) is 9.88 Å². The molecule has 1 aliphatic carbocycles. The van der Waals surface area contributed by atoms with Crippen LogP contribution in [0.1, 0.15) is 18.4 Å². The lowest BCUT2D eigenvalue weighted by atomic mass is 9.92. The Balaban J connectivity index is 1.51. The normalized spacial score (nSPS) is 23.2. The molecule has 2 fully saturated rings. The number of hydrogen-bond donors (Lipinski definition) is 2. The molecule has 6 nitrogen and oxygen atoms in total. The molecule has 0 radical (unpaired) electrons. The monoisotopic (exact) mass is 342 g/mol. The number of nitrogens with zero attached hydrogens (tertiary/aromatic N) is 1. The molecule has 4 rings (SSSR count). The number of carbonyl (C=O) groups is 2. The number of aliphatic carboxylic acids is 1. The van der Waals surface area contributed by atoms with Crippen molar-refractivity contribution in [2.45, 2.75) is 19.3 Å². The molecule has 2 aromatic rings. The second-order valence-corrected chi connectivity index (χ2v) is 7.15. The molecule has 1 aliphatic heterocycles. The molecule has 132 valence electrons. The van der Waals surface area contributed by atoms with Gasteiger partial charge in [-0.2, -0.15) is 0 Å².